The molecule has 0 saturated carbocycles. The van der Waals surface area contributed by atoms with E-state index in [1.54, 1.807) is 4.90 Å². The van der Waals surface area contributed by atoms with Crippen LogP contribution >= 0.6 is 11.8 Å². The van der Waals surface area contributed by atoms with Crippen LogP contribution in [0.2, 0.25) is 0 Å². The van der Waals surface area contributed by atoms with E-state index in [1.807, 2.05) is 24.3 Å². The highest BCUT2D eigenvalue weighted by molar-refractivity contribution is 8.00. The van der Waals surface area contributed by atoms with Crippen molar-refractivity contribution in [1.82, 2.24) is 10.9 Å². The summed E-state index contributed by atoms with van der Waals surface area (Å²) < 4.78 is 18.0. The minimum atomic E-state index is -0.562. The number of hydrazine groups is 1. The monoisotopic (exact) mass is 403 g/mol. The van der Waals surface area contributed by atoms with Crippen LogP contribution in [0.4, 0.5) is 10.1 Å². The summed E-state index contributed by atoms with van der Waals surface area (Å²) >= 11 is 1.47. The molecule has 0 spiro atoms. The Kier molecular flexibility index (Phi) is 6.49. The van der Waals surface area contributed by atoms with E-state index in [0.717, 1.165) is 10.6 Å². The van der Waals surface area contributed by atoms with Crippen LogP contribution in [0.1, 0.15) is 6.42 Å². The summed E-state index contributed by atoms with van der Waals surface area (Å²) in [6.07, 6.45) is 0.0316. The van der Waals surface area contributed by atoms with Crippen molar-refractivity contribution in [2.24, 2.45) is 0 Å². The second-order valence-electron chi connectivity index (χ2n) is 5.89. The lowest BCUT2D eigenvalue weighted by atomic mass is 10.2. The molecule has 1 aliphatic rings. The highest BCUT2D eigenvalue weighted by atomic mass is 32.2. The van der Waals surface area contributed by atoms with Crippen molar-refractivity contribution >= 4 is 35.2 Å². The normalized spacial score (nSPS) is 12.9. The summed E-state index contributed by atoms with van der Waals surface area (Å²) in [6, 6.07) is 12.7. The van der Waals surface area contributed by atoms with Crippen molar-refractivity contribution in [2.45, 2.75) is 11.3 Å². The summed E-state index contributed by atoms with van der Waals surface area (Å²) in [7, 11) is 0. The Morgan fingerprint density at radius 1 is 1.07 bits per heavy atom. The molecule has 0 unspecified atom stereocenters. The average Bonchev–Trinajstić information content (AvgIpc) is 2.71. The number of carbonyl (C=O) groups is 3. The first-order chi connectivity index (χ1) is 13.5. The molecule has 146 valence electrons. The number of rotatable bonds is 6. The fraction of sp³-hybridized carbons (Fsp3) is 0.211. The van der Waals surface area contributed by atoms with Gasteiger partial charge in [0.15, 0.2) is 6.61 Å². The Morgan fingerprint density at radius 3 is 2.57 bits per heavy atom. The van der Waals surface area contributed by atoms with Gasteiger partial charge in [-0.1, -0.05) is 12.1 Å². The van der Waals surface area contributed by atoms with E-state index in [9.17, 15) is 18.8 Å². The number of carbonyl (C=O) groups excluding carboxylic acids is 3. The summed E-state index contributed by atoms with van der Waals surface area (Å²) in [5.74, 6) is -0.795. The fourth-order valence-corrected chi connectivity index (χ4v) is 3.47. The number of thioether (sulfide) groups is 1. The van der Waals surface area contributed by atoms with Gasteiger partial charge >= 0.3 is 0 Å². The van der Waals surface area contributed by atoms with Crippen molar-refractivity contribution in [2.75, 3.05) is 23.8 Å². The van der Waals surface area contributed by atoms with Gasteiger partial charge in [0.2, 0.25) is 11.8 Å². The van der Waals surface area contributed by atoms with Gasteiger partial charge in [0.05, 0.1) is 11.4 Å². The number of amides is 3. The number of hydrogen-bond donors (Lipinski definition) is 2. The quantitative estimate of drug-likeness (QED) is 0.719. The second kappa shape index (κ2) is 9.23. The molecule has 0 aliphatic carbocycles. The third-order valence-corrected chi connectivity index (χ3v) is 4.94. The molecule has 0 fully saturated rings. The largest absolute Gasteiger partial charge is 0.484 e. The molecule has 2 aromatic carbocycles. The molecule has 7 nitrogen and oxygen atoms in total. The highest BCUT2D eigenvalue weighted by Gasteiger charge is 2.24. The van der Waals surface area contributed by atoms with Crippen molar-refractivity contribution in [3.05, 3.63) is 54.3 Å². The Morgan fingerprint density at radius 2 is 1.79 bits per heavy atom. The SMILES string of the molecule is O=C(CCN1C(=O)CSc2ccccc21)NNC(=O)COc1ccc(F)cc1. The summed E-state index contributed by atoms with van der Waals surface area (Å²) in [5.41, 5.74) is 5.31. The Bertz CT molecular complexity index is 876. The van der Waals surface area contributed by atoms with Gasteiger partial charge in [-0.25, -0.2) is 4.39 Å². The number of benzene rings is 2. The third kappa shape index (κ3) is 5.23. The van der Waals surface area contributed by atoms with Crippen LogP contribution in [0.5, 0.6) is 5.75 Å². The maximum absolute atomic E-state index is 12.8. The topological polar surface area (TPSA) is 87.7 Å². The summed E-state index contributed by atoms with van der Waals surface area (Å²) in [6.45, 7) is -0.120. The molecule has 0 aromatic heterocycles. The summed E-state index contributed by atoms with van der Waals surface area (Å²) in [5, 5.41) is 0. The van der Waals surface area contributed by atoms with E-state index in [0.29, 0.717) is 11.5 Å². The van der Waals surface area contributed by atoms with Crippen molar-refractivity contribution < 1.29 is 23.5 Å². The molecule has 0 saturated heterocycles. The second-order valence-corrected chi connectivity index (χ2v) is 6.91. The predicted octanol–water partition coefficient (Wildman–Crippen LogP) is 1.88. The van der Waals surface area contributed by atoms with Gasteiger partial charge in [0.25, 0.3) is 5.91 Å². The van der Waals surface area contributed by atoms with E-state index in [4.69, 9.17) is 4.74 Å². The van der Waals surface area contributed by atoms with Crippen LogP contribution in [-0.4, -0.2) is 36.6 Å². The molecule has 0 atom stereocenters. The summed E-state index contributed by atoms with van der Waals surface area (Å²) in [4.78, 5) is 38.4. The van der Waals surface area contributed by atoms with Gasteiger partial charge in [-0.2, -0.15) is 0 Å². The number of halogens is 1. The zero-order valence-corrected chi connectivity index (χ0v) is 15.6. The highest BCUT2D eigenvalue weighted by Crippen LogP contribution is 2.34. The number of ether oxygens (including phenoxy) is 1. The molecule has 2 N–H and O–H groups in total. The number of nitrogens with one attached hydrogen (secondary N) is 2. The fourth-order valence-electron chi connectivity index (χ4n) is 2.53. The van der Waals surface area contributed by atoms with E-state index >= 15 is 0 Å². The number of anilines is 1. The van der Waals surface area contributed by atoms with Crippen LogP contribution in [0.25, 0.3) is 0 Å². The van der Waals surface area contributed by atoms with Gasteiger partial charge in [-0.15, -0.1) is 11.8 Å². The molecule has 3 rings (SSSR count). The van der Waals surface area contributed by atoms with Crippen LogP contribution in [0, 0.1) is 5.82 Å². The number of para-hydroxylation sites is 1. The molecule has 3 amide bonds. The first kappa shape index (κ1) is 19.7. The van der Waals surface area contributed by atoms with E-state index in [1.165, 1.54) is 36.0 Å². The van der Waals surface area contributed by atoms with E-state index in [2.05, 4.69) is 10.9 Å². The van der Waals surface area contributed by atoms with Gasteiger partial charge in [0, 0.05) is 17.9 Å². The molecule has 2 aromatic rings. The van der Waals surface area contributed by atoms with Gasteiger partial charge in [0.1, 0.15) is 11.6 Å². The smallest absolute Gasteiger partial charge is 0.276 e. The van der Waals surface area contributed by atoms with E-state index < -0.39 is 17.6 Å². The zero-order chi connectivity index (χ0) is 19.9. The Labute approximate surface area is 165 Å². The molecular formula is C19H18FN3O4S. The van der Waals surface area contributed by atoms with Crippen molar-refractivity contribution in [3.8, 4) is 5.75 Å². The number of hydrogen-bond acceptors (Lipinski definition) is 5. The van der Waals surface area contributed by atoms with Crippen LogP contribution in [-0.2, 0) is 14.4 Å². The Balaban J connectivity index is 1.41. The molecule has 28 heavy (non-hydrogen) atoms. The molecule has 1 aliphatic heterocycles. The minimum absolute atomic E-state index is 0.0316. The number of fused-ring (bicyclic) bond motifs is 1. The van der Waals surface area contributed by atoms with E-state index in [-0.39, 0.29) is 25.5 Å². The molecule has 0 radical (unpaired) electrons. The molecular weight excluding hydrogens is 385 g/mol. The molecule has 9 heteroatoms. The lowest BCUT2D eigenvalue weighted by Gasteiger charge is -2.28. The first-order valence-corrected chi connectivity index (χ1v) is 9.50. The molecule has 0 bridgehead atoms. The maximum Gasteiger partial charge on any atom is 0.276 e. The van der Waals surface area contributed by atoms with Crippen molar-refractivity contribution in [3.63, 3.8) is 0 Å². The number of nitrogens with zero attached hydrogens (tertiary/aromatic N) is 1. The first-order valence-electron chi connectivity index (χ1n) is 8.51. The van der Waals surface area contributed by atoms with Crippen LogP contribution in [0.15, 0.2) is 53.4 Å². The average molecular weight is 403 g/mol. The molecule has 1 heterocycles. The van der Waals surface area contributed by atoms with Crippen LogP contribution < -0.4 is 20.5 Å². The maximum atomic E-state index is 12.8. The Hall–Kier alpha value is -3.07. The van der Waals surface area contributed by atoms with Crippen molar-refractivity contribution in [1.29, 1.82) is 0 Å². The van der Waals surface area contributed by atoms with Gasteiger partial charge < -0.3 is 9.64 Å². The predicted molar refractivity (Wildman–Crippen MR) is 102 cm³/mol. The lowest BCUT2D eigenvalue weighted by Crippen LogP contribution is -2.45. The van der Waals surface area contributed by atoms with Gasteiger partial charge in [-0.3, -0.25) is 25.2 Å². The van der Waals surface area contributed by atoms with Crippen LogP contribution in [0.3, 0.4) is 0 Å². The lowest BCUT2D eigenvalue weighted by molar-refractivity contribution is -0.130. The standard InChI is InChI=1S/C19H18FN3O4S/c20-13-5-7-14(8-6-13)27-11-18(25)22-21-17(24)9-10-23-15-3-1-2-4-16(15)28-12-19(23)26/h1-8H,9-12H2,(H,21,24)(H,22,25). The van der Waals surface area contributed by atoms with Gasteiger partial charge in [-0.05, 0) is 36.4 Å². The third-order valence-electron chi connectivity index (χ3n) is 3.90. The minimum Gasteiger partial charge on any atom is -0.484 e. The zero-order valence-electron chi connectivity index (χ0n) is 14.8.